The van der Waals surface area contributed by atoms with Crippen LogP contribution in [0.4, 0.5) is 5.13 Å². The molecule has 1 aliphatic rings. The number of thiazole rings is 1. The standard InChI is InChI=1S/C16H23N5O2S/c1-10(2)14-19-15(23-20-14)11-4-3-7-21(8-11)13(22)6-5-12-9-24-16(17)18-12/h9-11H,3-8H2,1-2H3,(H2,17,18). The van der Waals surface area contributed by atoms with Crippen LogP contribution in [0.3, 0.4) is 0 Å². The summed E-state index contributed by atoms with van der Waals surface area (Å²) >= 11 is 1.41. The predicted octanol–water partition coefficient (Wildman–Crippen LogP) is 2.57. The fourth-order valence-electron chi connectivity index (χ4n) is 2.88. The van der Waals surface area contributed by atoms with Crippen molar-refractivity contribution in [3.8, 4) is 0 Å². The highest BCUT2D eigenvalue weighted by Crippen LogP contribution is 2.27. The molecule has 0 aromatic carbocycles. The zero-order valence-electron chi connectivity index (χ0n) is 14.1. The van der Waals surface area contributed by atoms with Crippen LogP contribution in [0, 0.1) is 0 Å². The predicted molar refractivity (Wildman–Crippen MR) is 91.8 cm³/mol. The van der Waals surface area contributed by atoms with Crippen molar-refractivity contribution in [3.63, 3.8) is 0 Å². The molecule has 0 bridgehead atoms. The van der Waals surface area contributed by atoms with Gasteiger partial charge in [0.25, 0.3) is 0 Å². The van der Waals surface area contributed by atoms with Gasteiger partial charge in [-0.1, -0.05) is 19.0 Å². The second kappa shape index (κ2) is 7.29. The average molecular weight is 349 g/mol. The highest BCUT2D eigenvalue weighted by Gasteiger charge is 2.28. The maximum Gasteiger partial charge on any atom is 0.231 e. The molecule has 1 amide bonds. The van der Waals surface area contributed by atoms with Crippen molar-refractivity contribution in [3.05, 3.63) is 22.8 Å². The number of carbonyl (C=O) groups excluding carboxylic acids is 1. The average Bonchev–Trinajstić information content (AvgIpc) is 3.22. The zero-order chi connectivity index (χ0) is 17.1. The molecule has 1 fully saturated rings. The summed E-state index contributed by atoms with van der Waals surface area (Å²) in [6.07, 6.45) is 3.02. The Labute approximate surface area is 145 Å². The molecular weight excluding hydrogens is 326 g/mol. The third kappa shape index (κ3) is 3.92. The van der Waals surface area contributed by atoms with Crippen LogP contribution in [0.15, 0.2) is 9.90 Å². The van der Waals surface area contributed by atoms with Gasteiger partial charge in [-0.15, -0.1) is 11.3 Å². The largest absolute Gasteiger partial charge is 0.375 e. The molecule has 130 valence electrons. The van der Waals surface area contributed by atoms with Crippen LogP contribution in [0.5, 0.6) is 0 Å². The molecule has 1 atom stereocenters. The van der Waals surface area contributed by atoms with Crippen molar-refractivity contribution in [2.45, 2.75) is 51.4 Å². The molecule has 1 aliphatic heterocycles. The lowest BCUT2D eigenvalue weighted by Gasteiger charge is -2.31. The van der Waals surface area contributed by atoms with E-state index >= 15 is 0 Å². The second-order valence-electron chi connectivity index (χ2n) is 6.50. The monoisotopic (exact) mass is 349 g/mol. The van der Waals surface area contributed by atoms with Crippen LogP contribution in [-0.2, 0) is 11.2 Å². The number of amides is 1. The van der Waals surface area contributed by atoms with Crippen molar-refractivity contribution in [2.75, 3.05) is 18.8 Å². The number of aromatic nitrogens is 3. The number of hydrogen-bond donors (Lipinski definition) is 1. The number of nitrogen functional groups attached to an aromatic ring is 1. The van der Waals surface area contributed by atoms with Gasteiger partial charge >= 0.3 is 0 Å². The van der Waals surface area contributed by atoms with Crippen LogP contribution in [0.2, 0.25) is 0 Å². The van der Waals surface area contributed by atoms with E-state index in [-0.39, 0.29) is 17.7 Å². The van der Waals surface area contributed by atoms with Crippen molar-refractivity contribution in [2.24, 2.45) is 0 Å². The number of rotatable bonds is 5. The molecule has 1 saturated heterocycles. The summed E-state index contributed by atoms with van der Waals surface area (Å²) in [7, 11) is 0. The van der Waals surface area contributed by atoms with Crippen molar-refractivity contribution < 1.29 is 9.32 Å². The van der Waals surface area contributed by atoms with Crippen LogP contribution in [0.1, 0.15) is 62.4 Å². The van der Waals surface area contributed by atoms with Gasteiger partial charge in [0.2, 0.25) is 11.8 Å². The highest BCUT2D eigenvalue weighted by molar-refractivity contribution is 7.13. The number of piperidine rings is 1. The summed E-state index contributed by atoms with van der Waals surface area (Å²) in [5, 5.41) is 6.49. The summed E-state index contributed by atoms with van der Waals surface area (Å²) in [4.78, 5) is 23.1. The Hall–Kier alpha value is -1.96. The fourth-order valence-corrected chi connectivity index (χ4v) is 3.48. The molecule has 3 rings (SSSR count). The summed E-state index contributed by atoms with van der Waals surface area (Å²) in [6, 6.07) is 0. The van der Waals surface area contributed by atoms with Crippen LogP contribution in [0.25, 0.3) is 0 Å². The van der Waals surface area contributed by atoms with Crippen molar-refractivity contribution >= 4 is 22.4 Å². The van der Waals surface area contributed by atoms with Gasteiger partial charge in [0, 0.05) is 30.8 Å². The van der Waals surface area contributed by atoms with Crippen LogP contribution in [-0.4, -0.2) is 39.0 Å². The Morgan fingerprint density at radius 1 is 1.50 bits per heavy atom. The van der Waals surface area contributed by atoms with E-state index in [1.54, 1.807) is 0 Å². The first-order valence-corrected chi connectivity index (χ1v) is 9.22. The molecule has 1 unspecified atom stereocenters. The van der Waals surface area contributed by atoms with Crippen molar-refractivity contribution in [1.29, 1.82) is 0 Å². The first-order valence-electron chi connectivity index (χ1n) is 8.34. The first-order chi connectivity index (χ1) is 11.5. The molecule has 24 heavy (non-hydrogen) atoms. The summed E-state index contributed by atoms with van der Waals surface area (Å²) in [5.74, 6) is 1.92. The summed E-state index contributed by atoms with van der Waals surface area (Å²) in [5.41, 5.74) is 6.51. The molecule has 2 N–H and O–H groups in total. The molecule has 0 saturated carbocycles. The van der Waals surface area contributed by atoms with E-state index in [0.717, 1.165) is 30.9 Å². The minimum Gasteiger partial charge on any atom is -0.375 e. The maximum atomic E-state index is 12.5. The number of aryl methyl sites for hydroxylation is 1. The van der Waals surface area contributed by atoms with Gasteiger partial charge in [0.15, 0.2) is 11.0 Å². The van der Waals surface area contributed by atoms with E-state index in [2.05, 4.69) is 15.1 Å². The van der Waals surface area contributed by atoms with Gasteiger partial charge < -0.3 is 15.2 Å². The van der Waals surface area contributed by atoms with E-state index in [1.807, 2.05) is 24.1 Å². The maximum absolute atomic E-state index is 12.5. The lowest BCUT2D eigenvalue weighted by atomic mass is 9.97. The number of likely N-dealkylation sites (tertiary alicyclic amines) is 1. The SMILES string of the molecule is CC(C)c1noc(C2CCCN(C(=O)CCc3csc(N)n3)C2)n1. The van der Waals surface area contributed by atoms with E-state index < -0.39 is 0 Å². The summed E-state index contributed by atoms with van der Waals surface area (Å²) in [6.45, 7) is 5.52. The van der Waals surface area contributed by atoms with E-state index in [0.29, 0.717) is 30.4 Å². The van der Waals surface area contributed by atoms with E-state index in [4.69, 9.17) is 10.3 Å². The van der Waals surface area contributed by atoms with Gasteiger partial charge in [-0.2, -0.15) is 4.98 Å². The smallest absolute Gasteiger partial charge is 0.231 e. The van der Waals surface area contributed by atoms with E-state index in [9.17, 15) is 4.79 Å². The number of anilines is 1. The third-order valence-electron chi connectivity index (χ3n) is 4.26. The van der Waals surface area contributed by atoms with Gasteiger partial charge in [-0.3, -0.25) is 4.79 Å². The Kier molecular flexibility index (Phi) is 5.13. The fraction of sp³-hybridized carbons (Fsp3) is 0.625. The molecular formula is C16H23N5O2S. The normalized spacial score (nSPS) is 18.3. The lowest BCUT2D eigenvalue weighted by molar-refractivity contribution is -0.132. The molecule has 0 radical (unpaired) electrons. The minimum atomic E-state index is 0.137. The topological polar surface area (TPSA) is 98.1 Å². The van der Waals surface area contributed by atoms with Crippen LogP contribution >= 0.6 is 11.3 Å². The lowest BCUT2D eigenvalue weighted by Crippen LogP contribution is -2.39. The second-order valence-corrected chi connectivity index (χ2v) is 7.39. The number of carbonyl (C=O) groups is 1. The zero-order valence-corrected chi connectivity index (χ0v) is 14.9. The molecule has 0 spiro atoms. The Morgan fingerprint density at radius 3 is 3.00 bits per heavy atom. The van der Waals surface area contributed by atoms with Gasteiger partial charge in [-0.05, 0) is 19.3 Å². The Morgan fingerprint density at radius 2 is 2.33 bits per heavy atom. The Balaban J connectivity index is 1.56. The quantitative estimate of drug-likeness (QED) is 0.891. The van der Waals surface area contributed by atoms with Crippen LogP contribution < -0.4 is 5.73 Å². The Bertz CT molecular complexity index is 696. The summed E-state index contributed by atoms with van der Waals surface area (Å²) < 4.78 is 5.40. The number of hydrogen-bond acceptors (Lipinski definition) is 7. The molecule has 3 heterocycles. The van der Waals surface area contributed by atoms with Gasteiger partial charge in [0.1, 0.15) is 0 Å². The third-order valence-corrected chi connectivity index (χ3v) is 4.98. The highest BCUT2D eigenvalue weighted by atomic mass is 32.1. The van der Waals surface area contributed by atoms with Gasteiger partial charge in [0.05, 0.1) is 11.6 Å². The number of nitrogens with two attached hydrogens (primary N) is 1. The minimum absolute atomic E-state index is 0.137. The molecule has 0 aliphatic carbocycles. The molecule has 2 aromatic heterocycles. The van der Waals surface area contributed by atoms with E-state index in [1.165, 1.54) is 11.3 Å². The number of nitrogens with zero attached hydrogens (tertiary/aromatic N) is 4. The van der Waals surface area contributed by atoms with Gasteiger partial charge in [-0.25, -0.2) is 4.98 Å². The van der Waals surface area contributed by atoms with Crippen molar-refractivity contribution in [1.82, 2.24) is 20.0 Å². The molecule has 8 heteroatoms. The molecule has 2 aromatic rings. The molecule has 7 nitrogen and oxygen atoms in total. The first kappa shape index (κ1) is 16.9.